The molecule has 0 saturated carbocycles. The molecule has 25 heavy (non-hydrogen) atoms. The van der Waals surface area contributed by atoms with E-state index in [2.05, 4.69) is 15.3 Å². The molecule has 0 spiro atoms. The zero-order chi connectivity index (χ0) is 17.6. The van der Waals surface area contributed by atoms with E-state index in [4.69, 9.17) is 9.47 Å². The lowest BCUT2D eigenvalue weighted by Crippen LogP contribution is -2.17. The van der Waals surface area contributed by atoms with Crippen molar-refractivity contribution in [2.75, 3.05) is 12.4 Å². The zero-order valence-corrected chi connectivity index (χ0v) is 13.9. The monoisotopic (exact) mass is 355 g/mol. The Morgan fingerprint density at radius 3 is 2.60 bits per heavy atom. The van der Waals surface area contributed by atoms with Gasteiger partial charge in [0, 0.05) is 17.8 Å². The lowest BCUT2D eigenvalue weighted by atomic mass is 10.2. The number of rotatable bonds is 5. The van der Waals surface area contributed by atoms with Crippen LogP contribution in [0, 0.1) is 0 Å². The van der Waals surface area contributed by atoms with Crippen LogP contribution in [0.25, 0.3) is 0 Å². The van der Waals surface area contributed by atoms with Crippen LogP contribution in [-0.2, 0) is 0 Å². The molecule has 7 nitrogen and oxygen atoms in total. The third-order valence-electron chi connectivity index (χ3n) is 3.17. The minimum Gasteiger partial charge on any atom is -0.496 e. The van der Waals surface area contributed by atoms with Crippen LogP contribution in [0.2, 0.25) is 0 Å². The van der Waals surface area contributed by atoms with Gasteiger partial charge in [-0.2, -0.15) is 0 Å². The zero-order valence-electron chi connectivity index (χ0n) is 13.1. The van der Waals surface area contributed by atoms with Crippen LogP contribution in [0.3, 0.4) is 0 Å². The smallest absolute Gasteiger partial charge is 0.347 e. The topological polar surface area (TPSA) is 90.4 Å². The van der Waals surface area contributed by atoms with E-state index in [-0.39, 0.29) is 17.0 Å². The second kappa shape index (κ2) is 7.54. The van der Waals surface area contributed by atoms with E-state index in [0.29, 0.717) is 10.9 Å². The summed E-state index contributed by atoms with van der Waals surface area (Å²) in [7, 11) is 1.46. The molecule has 1 aromatic carbocycles. The van der Waals surface area contributed by atoms with Crippen LogP contribution < -0.4 is 14.8 Å². The average molecular weight is 355 g/mol. The molecule has 0 bridgehead atoms. The van der Waals surface area contributed by atoms with E-state index in [0.717, 1.165) is 0 Å². The van der Waals surface area contributed by atoms with Crippen molar-refractivity contribution < 1.29 is 19.1 Å². The molecule has 126 valence electrons. The number of thiazole rings is 1. The Balaban J connectivity index is 1.83. The number of carbonyl (C=O) groups excluding carboxylic acids is 2. The fourth-order valence-corrected chi connectivity index (χ4v) is 2.58. The van der Waals surface area contributed by atoms with Gasteiger partial charge < -0.3 is 9.47 Å². The van der Waals surface area contributed by atoms with Crippen LogP contribution in [-0.4, -0.2) is 29.0 Å². The van der Waals surface area contributed by atoms with Gasteiger partial charge in [0.2, 0.25) is 0 Å². The Hall–Kier alpha value is -3.26. The molecule has 0 aliphatic carbocycles. The van der Waals surface area contributed by atoms with Gasteiger partial charge in [-0.3, -0.25) is 10.1 Å². The van der Waals surface area contributed by atoms with Gasteiger partial charge in [0.1, 0.15) is 11.3 Å². The molecule has 0 radical (unpaired) electrons. The number of methoxy groups -OCH3 is 1. The van der Waals surface area contributed by atoms with Crippen molar-refractivity contribution in [1.29, 1.82) is 0 Å². The third kappa shape index (κ3) is 3.81. The van der Waals surface area contributed by atoms with Crippen LogP contribution in [0.1, 0.15) is 20.8 Å². The van der Waals surface area contributed by atoms with Crippen molar-refractivity contribution in [3.8, 4) is 11.5 Å². The summed E-state index contributed by atoms with van der Waals surface area (Å²) in [4.78, 5) is 32.7. The number of nitrogens with zero attached hydrogens (tertiary/aromatic N) is 2. The van der Waals surface area contributed by atoms with Gasteiger partial charge in [-0.25, -0.2) is 14.8 Å². The summed E-state index contributed by atoms with van der Waals surface area (Å²) in [5.41, 5.74) is 0.237. The Kier molecular flexibility index (Phi) is 5.00. The number of hydrogen-bond donors (Lipinski definition) is 1. The molecule has 0 unspecified atom stereocenters. The summed E-state index contributed by atoms with van der Waals surface area (Å²) in [5.74, 6) is -0.732. The van der Waals surface area contributed by atoms with Crippen LogP contribution in [0.4, 0.5) is 5.13 Å². The number of hydrogen-bond acceptors (Lipinski definition) is 7. The summed E-state index contributed by atoms with van der Waals surface area (Å²) in [6.45, 7) is 0. The Labute approximate surface area is 147 Å². The first-order valence-corrected chi connectivity index (χ1v) is 8.08. The summed E-state index contributed by atoms with van der Waals surface area (Å²) < 4.78 is 10.5. The highest BCUT2D eigenvalue weighted by Gasteiger charge is 2.20. The molecule has 1 N–H and O–H groups in total. The highest BCUT2D eigenvalue weighted by molar-refractivity contribution is 7.13. The number of benzene rings is 1. The maximum Gasteiger partial charge on any atom is 0.347 e. The van der Waals surface area contributed by atoms with E-state index in [9.17, 15) is 9.59 Å². The first kappa shape index (κ1) is 16.6. The van der Waals surface area contributed by atoms with Crippen molar-refractivity contribution >= 4 is 28.3 Å². The van der Waals surface area contributed by atoms with Crippen molar-refractivity contribution in [3.63, 3.8) is 0 Å². The average Bonchev–Trinajstić information content (AvgIpc) is 3.15. The van der Waals surface area contributed by atoms with Gasteiger partial charge >= 0.3 is 5.97 Å². The SMILES string of the molecule is COc1ccccc1C(=O)Oc1cccnc1C(=O)Nc1nccs1. The highest BCUT2D eigenvalue weighted by Crippen LogP contribution is 2.23. The van der Waals surface area contributed by atoms with E-state index >= 15 is 0 Å². The van der Waals surface area contributed by atoms with Gasteiger partial charge in [0.05, 0.1) is 7.11 Å². The summed E-state index contributed by atoms with van der Waals surface area (Å²) in [6.07, 6.45) is 3.01. The number of esters is 1. The molecule has 1 amide bonds. The second-order valence-electron chi connectivity index (χ2n) is 4.73. The van der Waals surface area contributed by atoms with Gasteiger partial charge in [-0.05, 0) is 24.3 Å². The minimum absolute atomic E-state index is 0.0130. The predicted molar refractivity (Wildman–Crippen MR) is 92.3 cm³/mol. The van der Waals surface area contributed by atoms with Crippen molar-refractivity contribution in [2.24, 2.45) is 0 Å². The first-order chi connectivity index (χ1) is 12.2. The molecule has 2 heterocycles. The molecule has 0 atom stereocenters. The van der Waals surface area contributed by atoms with Crippen LogP contribution >= 0.6 is 11.3 Å². The van der Waals surface area contributed by atoms with Crippen molar-refractivity contribution in [3.05, 3.63) is 65.4 Å². The molecule has 0 fully saturated rings. The molecular formula is C17H13N3O4S. The molecule has 0 aliphatic heterocycles. The third-order valence-corrected chi connectivity index (χ3v) is 3.86. The van der Waals surface area contributed by atoms with Crippen molar-refractivity contribution in [2.45, 2.75) is 0 Å². The van der Waals surface area contributed by atoms with E-state index < -0.39 is 11.9 Å². The normalized spacial score (nSPS) is 10.1. The van der Waals surface area contributed by atoms with Gasteiger partial charge in [0.15, 0.2) is 16.6 Å². The number of carbonyl (C=O) groups is 2. The van der Waals surface area contributed by atoms with Gasteiger partial charge in [-0.1, -0.05) is 12.1 Å². The van der Waals surface area contributed by atoms with Gasteiger partial charge in [0.25, 0.3) is 5.91 Å². The first-order valence-electron chi connectivity index (χ1n) is 7.20. The summed E-state index contributed by atoms with van der Waals surface area (Å²) in [6, 6.07) is 9.73. The fraction of sp³-hybridized carbons (Fsp3) is 0.0588. The number of ether oxygens (including phenoxy) is 2. The molecule has 0 aliphatic rings. The van der Waals surface area contributed by atoms with Gasteiger partial charge in [-0.15, -0.1) is 11.3 Å². The lowest BCUT2D eigenvalue weighted by molar-refractivity contribution is 0.0728. The Morgan fingerprint density at radius 2 is 1.84 bits per heavy atom. The van der Waals surface area contributed by atoms with E-state index in [1.165, 1.54) is 30.7 Å². The predicted octanol–water partition coefficient (Wildman–Crippen LogP) is 3.02. The van der Waals surface area contributed by atoms with Crippen LogP contribution in [0.15, 0.2) is 54.2 Å². The molecule has 3 aromatic rings. The minimum atomic E-state index is -0.645. The highest BCUT2D eigenvalue weighted by atomic mass is 32.1. The number of nitrogens with one attached hydrogen (secondary N) is 1. The fourth-order valence-electron chi connectivity index (χ4n) is 2.05. The van der Waals surface area contributed by atoms with Crippen molar-refractivity contribution in [1.82, 2.24) is 9.97 Å². The number of anilines is 1. The maximum absolute atomic E-state index is 12.4. The number of pyridine rings is 1. The Morgan fingerprint density at radius 1 is 1.04 bits per heavy atom. The Bertz CT molecular complexity index is 896. The largest absolute Gasteiger partial charge is 0.496 e. The van der Waals surface area contributed by atoms with E-state index in [1.54, 1.807) is 41.9 Å². The molecule has 3 rings (SSSR count). The number of aromatic nitrogens is 2. The summed E-state index contributed by atoms with van der Waals surface area (Å²) >= 11 is 1.27. The second-order valence-corrected chi connectivity index (χ2v) is 5.63. The molecule has 0 saturated heterocycles. The quantitative estimate of drug-likeness (QED) is 0.708. The lowest BCUT2D eigenvalue weighted by Gasteiger charge is -2.10. The molecule has 2 aromatic heterocycles. The molecule has 8 heteroatoms. The van der Waals surface area contributed by atoms with Crippen LogP contribution in [0.5, 0.6) is 11.5 Å². The summed E-state index contributed by atoms with van der Waals surface area (Å²) in [5, 5.41) is 4.77. The van der Waals surface area contributed by atoms with E-state index in [1.807, 2.05) is 0 Å². The maximum atomic E-state index is 12.4. The standard InChI is InChI=1S/C17H13N3O4S/c1-23-12-6-3-2-5-11(12)16(22)24-13-7-4-8-18-14(13)15(21)20-17-19-9-10-25-17/h2-10H,1H3,(H,19,20,21). The molecular weight excluding hydrogens is 342 g/mol. The number of amides is 1. The number of para-hydroxylation sites is 1.